The Morgan fingerprint density at radius 2 is 2.07 bits per heavy atom. The molecule has 1 N–H and O–H groups in total. The molecule has 0 fully saturated rings. The third kappa shape index (κ3) is 1.47. The summed E-state index contributed by atoms with van der Waals surface area (Å²) in [6.45, 7) is 4.31. The molecule has 1 nitrogen and oxygen atoms in total. The van der Waals surface area contributed by atoms with Gasteiger partial charge in [-0.25, -0.2) is 0 Å². The Morgan fingerprint density at radius 1 is 1.36 bits per heavy atom. The molecular weight excluding hydrogens is 261 g/mol. The number of benzene rings is 1. The molecule has 74 valence electrons. The Hall–Kier alpha value is -0.470. The Labute approximate surface area is 96.6 Å². The molecule has 0 amide bonds. The van der Waals surface area contributed by atoms with Gasteiger partial charge in [-0.1, -0.05) is 31.5 Å². The highest BCUT2D eigenvalue weighted by Gasteiger charge is 2.13. The molecule has 0 spiro atoms. The minimum Gasteiger partial charge on any atom is -0.357 e. The van der Waals surface area contributed by atoms with E-state index in [9.17, 15) is 0 Å². The van der Waals surface area contributed by atoms with E-state index in [1.54, 1.807) is 0 Å². The van der Waals surface area contributed by atoms with E-state index in [-0.39, 0.29) is 0 Å². The number of rotatable bonds is 1. The zero-order valence-corrected chi connectivity index (χ0v) is 10.4. The summed E-state index contributed by atoms with van der Waals surface area (Å²) in [5.41, 5.74) is 2.29. The second kappa shape index (κ2) is 3.59. The van der Waals surface area contributed by atoms with Crippen molar-refractivity contribution in [3.8, 4) is 0 Å². The van der Waals surface area contributed by atoms with Crippen LogP contribution < -0.4 is 0 Å². The average molecular weight is 273 g/mol. The van der Waals surface area contributed by atoms with Gasteiger partial charge in [0.2, 0.25) is 0 Å². The average Bonchev–Trinajstić information content (AvgIpc) is 2.45. The second-order valence-corrected chi connectivity index (χ2v) is 4.87. The summed E-state index contributed by atoms with van der Waals surface area (Å²) in [5, 5.41) is 1.87. The summed E-state index contributed by atoms with van der Waals surface area (Å²) in [7, 11) is 0. The summed E-state index contributed by atoms with van der Waals surface area (Å²) < 4.78 is 1.09. The zero-order chi connectivity index (χ0) is 10.3. The molecule has 0 radical (unpaired) electrons. The van der Waals surface area contributed by atoms with Gasteiger partial charge < -0.3 is 4.98 Å². The van der Waals surface area contributed by atoms with Gasteiger partial charge in [-0.15, -0.1) is 0 Å². The molecule has 2 rings (SSSR count). The first-order valence-corrected chi connectivity index (χ1v) is 5.74. The van der Waals surface area contributed by atoms with E-state index in [1.807, 2.05) is 18.2 Å². The number of hydrogen-bond acceptors (Lipinski definition) is 0. The summed E-state index contributed by atoms with van der Waals surface area (Å²) in [5.74, 6) is 0.466. The van der Waals surface area contributed by atoms with Crippen LogP contribution in [0.5, 0.6) is 0 Å². The van der Waals surface area contributed by atoms with E-state index in [4.69, 9.17) is 11.6 Å². The highest BCUT2D eigenvalue weighted by molar-refractivity contribution is 9.10. The Morgan fingerprint density at radius 3 is 2.64 bits per heavy atom. The molecule has 1 aromatic heterocycles. The number of fused-ring (bicyclic) bond motifs is 1. The molecule has 1 aromatic carbocycles. The smallest absolute Gasteiger partial charge is 0.0511 e. The lowest BCUT2D eigenvalue weighted by molar-refractivity contribution is 0.831. The van der Waals surface area contributed by atoms with Gasteiger partial charge >= 0.3 is 0 Å². The normalized spacial score (nSPS) is 11.5. The Kier molecular flexibility index (Phi) is 2.58. The van der Waals surface area contributed by atoms with Crippen molar-refractivity contribution in [3.05, 3.63) is 33.4 Å². The first kappa shape index (κ1) is 10.1. The van der Waals surface area contributed by atoms with Gasteiger partial charge in [0.25, 0.3) is 0 Å². The molecule has 0 aliphatic carbocycles. The maximum atomic E-state index is 6.13. The summed E-state index contributed by atoms with van der Waals surface area (Å²) >= 11 is 9.72. The minimum absolute atomic E-state index is 0.466. The molecule has 0 unspecified atom stereocenters. The monoisotopic (exact) mass is 271 g/mol. The Balaban J connectivity index is 2.81. The molecule has 1 heterocycles. The number of nitrogens with one attached hydrogen (secondary N) is 1. The van der Waals surface area contributed by atoms with Crippen molar-refractivity contribution in [2.75, 3.05) is 0 Å². The van der Waals surface area contributed by atoms with Crippen LogP contribution in [-0.4, -0.2) is 4.98 Å². The van der Waals surface area contributed by atoms with Gasteiger partial charge in [-0.05, 0) is 34.0 Å². The lowest BCUT2D eigenvalue weighted by Gasteiger charge is -2.01. The number of aromatic nitrogens is 1. The molecular formula is C11H11BrClN. The first-order valence-electron chi connectivity index (χ1n) is 4.57. The van der Waals surface area contributed by atoms with Crippen LogP contribution in [0.25, 0.3) is 10.9 Å². The summed E-state index contributed by atoms with van der Waals surface area (Å²) in [4.78, 5) is 3.37. The van der Waals surface area contributed by atoms with E-state index >= 15 is 0 Å². The first-order chi connectivity index (χ1) is 6.61. The van der Waals surface area contributed by atoms with Crippen LogP contribution in [0.4, 0.5) is 0 Å². The van der Waals surface area contributed by atoms with Crippen LogP contribution in [0, 0.1) is 0 Å². The molecule has 0 bridgehead atoms. The zero-order valence-electron chi connectivity index (χ0n) is 8.07. The molecule has 0 saturated carbocycles. The van der Waals surface area contributed by atoms with Gasteiger partial charge in [0.15, 0.2) is 0 Å². The van der Waals surface area contributed by atoms with Crippen molar-refractivity contribution in [2.24, 2.45) is 0 Å². The molecule has 3 heteroatoms. The van der Waals surface area contributed by atoms with Crippen LogP contribution in [0.15, 0.2) is 22.7 Å². The number of hydrogen-bond donors (Lipinski definition) is 1. The number of aromatic amines is 1. The quantitative estimate of drug-likeness (QED) is 0.774. The van der Waals surface area contributed by atoms with Crippen molar-refractivity contribution < 1.29 is 0 Å². The van der Waals surface area contributed by atoms with Crippen LogP contribution in [0.3, 0.4) is 0 Å². The molecule has 0 aliphatic rings. The standard InChI is InChI=1S/C11H11BrClN/c1-6(2)11-10(12)9-7(13)4-3-5-8(9)14-11/h3-6,14H,1-2H3. The van der Waals surface area contributed by atoms with Gasteiger partial charge in [-0.2, -0.15) is 0 Å². The van der Waals surface area contributed by atoms with Crippen molar-refractivity contribution in [2.45, 2.75) is 19.8 Å². The molecule has 0 aliphatic heterocycles. The van der Waals surface area contributed by atoms with Gasteiger partial charge in [0, 0.05) is 21.1 Å². The Bertz CT molecular complexity index is 473. The highest BCUT2D eigenvalue weighted by Crippen LogP contribution is 2.36. The van der Waals surface area contributed by atoms with E-state index < -0.39 is 0 Å². The lowest BCUT2D eigenvalue weighted by atomic mass is 10.1. The topological polar surface area (TPSA) is 15.8 Å². The molecule has 14 heavy (non-hydrogen) atoms. The lowest BCUT2D eigenvalue weighted by Crippen LogP contribution is -1.86. The van der Waals surface area contributed by atoms with Crippen LogP contribution >= 0.6 is 27.5 Å². The van der Waals surface area contributed by atoms with E-state index in [0.29, 0.717) is 5.92 Å². The van der Waals surface area contributed by atoms with Gasteiger partial charge in [0.05, 0.1) is 5.02 Å². The third-order valence-corrected chi connectivity index (χ3v) is 3.45. The van der Waals surface area contributed by atoms with Gasteiger partial charge in [0.1, 0.15) is 0 Å². The largest absolute Gasteiger partial charge is 0.357 e. The maximum Gasteiger partial charge on any atom is 0.0511 e. The number of H-pyrrole nitrogens is 1. The second-order valence-electron chi connectivity index (χ2n) is 3.67. The van der Waals surface area contributed by atoms with Crippen molar-refractivity contribution in [1.29, 1.82) is 0 Å². The fourth-order valence-corrected chi connectivity index (χ4v) is 2.95. The highest BCUT2D eigenvalue weighted by atomic mass is 79.9. The third-order valence-electron chi connectivity index (χ3n) is 2.32. The van der Waals surface area contributed by atoms with E-state index in [2.05, 4.69) is 34.8 Å². The van der Waals surface area contributed by atoms with Crippen LogP contribution in [-0.2, 0) is 0 Å². The fraction of sp³-hybridized carbons (Fsp3) is 0.273. The number of halogens is 2. The summed E-state index contributed by atoms with van der Waals surface area (Å²) in [6.07, 6.45) is 0. The predicted molar refractivity (Wildman–Crippen MR) is 65.1 cm³/mol. The van der Waals surface area contributed by atoms with Gasteiger partial charge in [-0.3, -0.25) is 0 Å². The van der Waals surface area contributed by atoms with E-state index in [1.165, 1.54) is 5.69 Å². The molecule has 2 aromatic rings. The van der Waals surface area contributed by atoms with Crippen molar-refractivity contribution in [1.82, 2.24) is 4.98 Å². The van der Waals surface area contributed by atoms with Crippen LogP contribution in [0.1, 0.15) is 25.5 Å². The molecule has 0 atom stereocenters. The maximum absolute atomic E-state index is 6.13. The minimum atomic E-state index is 0.466. The SMILES string of the molecule is CC(C)c1[nH]c2cccc(Cl)c2c1Br. The fourth-order valence-electron chi connectivity index (χ4n) is 1.58. The molecule has 0 saturated heterocycles. The predicted octanol–water partition coefficient (Wildman–Crippen LogP) is 4.71. The summed E-state index contributed by atoms with van der Waals surface area (Å²) in [6, 6.07) is 5.90. The van der Waals surface area contributed by atoms with E-state index in [0.717, 1.165) is 20.4 Å². The van der Waals surface area contributed by atoms with Crippen molar-refractivity contribution >= 4 is 38.4 Å². The van der Waals surface area contributed by atoms with Crippen molar-refractivity contribution in [3.63, 3.8) is 0 Å². The van der Waals surface area contributed by atoms with Crippen LogP contribution in [0.2, 0.25) is 5.02 Å².